The molecule has 1 aromatic carbocycles. The molecule has 0 spiro atoms. The highest BCUT2D eigenvalue weighted by molar-refractivity contribution is 6.35. The first kappa shape index (κ1) is 24.8. The van der Waals surface area contributed by atoms with Crippen LogP contribution in [-0.2, 0) is 28.2 Å². The zero-order valence-electron chi connectivity index (χ0n) is 20.0. The Labute approximate surface area is 210 Å². The van der Waals surface area contributed by atoms with E-state index in [2.05, 4.69) is 15.6 Å². The summed E-state index contributed by atoms with van der Waals surface area (Å²) in [6.45, 7) is 0.229. The Morgan fingerprint density at radius 2 is 1.89 bits per heavy atom. The summed E-state index contributed by atoms with van der Waals surface area (Å²) >= 11 is 0. The number of rotatable bonds is 4. The van der Waals surface area contributed by atoms with Gasteiger partial charge in [0.2, 0.25) is 5.75 Å². The standard InChI is InChI=1S/C25H27F2N5O5/c26-16-3-1-15(2-4-16)12-28-20(34)18-19(33)22(36)32-10-6-14-5-8-25(11-14,24(32)29-18)30-21(35)23(37)31-9-7-17(27)13-31/h1-4,14,17,33H,5-13H2,(H,28,34)(H,30,35)/t14?,17-,25?/m0/s1. The number of aromatic hydroxyl groups is 1. The summed E-state index contributed by atoms with van der Waals surface area (Å²) in [7, 11) is 0. The normalized spacial score (nSPS) is 24.3. The largest absolute Gasteiger partial charge is 0.501 e. The molecular weight excluding hydrogens is 488 g/mol. The van der Waals surface area contributed by atoms with Gasteiger partial charge in [-0.1, -0.05) is 12.1 Å². The first-order chi connectivity index (χ1) is 17.7. The van der Waals surface area contributed by atoms with Crippen LogP contribution in [0.3, 0.4) is 0 Å². The smallest absolute Gasteiger partial charge is 0.312 e. The fourth-order valence-electron chi connectivity index (χ4n) is 5.54. The summed E-state index contributed by atoms with van der Waals surface area (Å²) in [6, 6.07) is 5.46. The van der Waals surface area contributed by atoms with Crippen LogP contribution in [0.2, 0.25) is 0 Å². The van der Waals surface area contributed by atoms with E-state index in [1.165, 1.54) is 28.8 Å². The van der Waals surface area contributed by atoms with Gasteiger partial charge < -0.3 is 20.6 Å². The SMILES string of the molecule is O=C(NC12CCC(CCn3c1nc(C(=O)NCc1ccc(F)cc1)c(O)c3=O)C2)C(=O)N1CC[C@H](F)C1. The number of nitrogens with zero attached hydrogens (tertiary/aromatic N) is 3. The van der Waals surface area contributed by atoms with Crippen LogP contribution >= 0.6 is 0 Å². The van der Waals surface area contributed by atoms with Crippen LogP contribution in [0, 0.1) is 11.7 Å². The molecule has 1 saturated carbocycles. The molecule has 10 nitrogen and oxygen atoms in total. The quantitative estimate of drug-likeness (QED) is 0.523. The summed E-state index contributed by atoms with van der Waals surface area (Å²) in [5.74, 6) is -3.60. The summed E-state index contributed by atoms with van der Waals surface area (Å²) in [6.07, 6.45) is 1.10. The number of nitrogens with one attached hydrogen (secondary N) is 2. The third-order valence-electron chi connectivity index (χ3n) is 7.50. The van der Waals surface area contributed by atoms with Gasteiger partial charge in [-0.3, -0.25) is 23.7 Å². The second kappa shape index (κ2) is 9.56. The highest BCUT2D eigenvalue weighted by Gasteiger charge is 2.48. The molecule has 2 aromatic rings. The fourth-order valence-corrected chi connectivity index (χ4v) is 5.54. The lowest BCUT2D eigenvalue weighted by molar-refractivity contribution is -0.146. The number of hydrogen-bond acceptors (Lipinski definition) is 6. The molecule has 1 aliphatic carbocycles. The topological polar surface area (TPSA) is 134 Å². The molecule has 3 N–H and O–H groups in total. The Hall–Kier alpha value is -3.83. The third kappa shape index (κ3) is 4.67. The molecule has 196 valence electrons. The molecular formula is C25H27F2N5O5. The van der Waals surface area contributed by atoms with Gasteiger partial charge in [-0.05, 0) is 55.7 Å². The number of carbonyl (C=O) groups excluding carboxylic acids is 3. The summed E-state index contributed by atoms with van der Waals surface area (Å²) < 4.78 is 28.0. The zero-order valence-corrected chi connectivity index (χ0v) is 20.0. The van der Waals surface area contributed by atoms with Crippen molar-refractivity contribution in [3.63, 3.8) is 0 Å². The number of benzene rings is 1. The molecule has 2 fully saturated rings. The first-order valence-electron chi connectivity index (χ1n) is 12.3. The maximum absolute atomic E-state index is 13.6. The van der Waals surface area contributed by atoms with E-state index in [0.717, 1.165) is 4.90 Å². The van der Waals surface area contributed by atoms with Crippen LogP contribution < -0.4 is 16.2 Å². The summed E-state index contributed by atoms with van der Waals surface area (Å²) in [5.41, 5.74) is -1.91. The van der Waals surface area contributed by atoms with E-state index in [0.29, 0.717) is 31.2 Å². The fraction of sp³-hybridized carbons (Fsp3) is 0.480. The van der Waals surface area contributed by atoms with Gasteiger partial charge in [-0.25, -0.2) is 13.8 Å². The minimum absolute atomic E-state index is 0.00249. The Bertz CT molecular complexity index is 1310. The van der Waals surface area contributed by atoms with Crippen LogP contribution in [0.25, 0.3) is 0 Å². The maximum atomic E-state index is 13.6. The van der Waals surface area contributed by atoms with Crippen LogP contribution in [0.1, 0.15) is 54.0 Å². The predicted octanol–water partition coefficient (Wildman–Crippen LogP) is 1.10. The van der Waals surface area contributed by atoms with Crippen LogP contribution in [0.4, 0.5) is 8.78 Å². The molecule has 2 bridgehead atoms. The number of fused-ring (bicyclic) bond motifs is 4. The van der Waals surface area contributed by atoms with Gasteiger partial charge in [-0.15, -0.1) is 0 Å². The van der Waals surface area contributed by atoms with Gasteiger partial charge in [0.15, 0.2) is 5.69 Å². The van der Waals surface area contributed by atoms with Gasteiger partial charge >= 0.3 is 11.8 Å². The monoisotopic (exact) mass is 515 g/mol. The Balaban J connectivity index is 1.45. The maximum Gasteiger partial charge on any atom is 0.312 e. The molecule has 0 radical (unpaired) electrons. The number of alkyl halides is 1. The van der Waals surface area contributed by atoms with Gasteiger partial charge in [0, 0.05) is 19.6 Å². The van der Waals surface area contributed by atoms with Crippen molar-refractivity contribution in [2.45, 2.75) is 56.9 Å². The Morgan fingerprint density at radius 3 is 2.59 bits per heavy atom. The van der Waals surface area contributed by atoms with E-state index in [-0.39, 0.29) is 44.3 Å². The van der Waals surface area contributed by atoms with E-state index in [4.69, 9.17) is 0 Å². The van der Waals surface area contributed by atoms with Gasteiger partial charge in [0.1, 0.15) is 17.8 Å². The predicted molar refractivity (Wildman–Crippen MR) is 126 cm³/mol. The van der Waals surface area contributed by atoms with Crippen molar-refractivity contribution in [2.75, 3.05) is 13.1 Å². The summed E-state index contributed by atoms with van der Waals surface area (Å²) in [5, 5.41) is 15.9. The molecule has 5 rings (SSSR count). The van der Waals surface area contributed by atoms with Crippen molar-refractivity contribution in [2.24, 2.45) is 5.92 Å². The van der Waals surface area contributed by atoms with E-state index in [1.807, 2.05) is 0 Å². The minimum atomic E-state index is -1.19. The second-order valence-electron chi connectivity index (χ2n) is 9.97. The molecule has 12 heteroatoms. The molecule has 3 aliphatic rings. The van der Waals surface area contributed by atoms with E-state index < -0.39 is 52.3 Å². The molecule has 3 heterocycles. The van der Waals surface area contributed by atoms with Crippen molar-refractivity contribution in [3.05, 3.63) is 57.5 Å². The Kier molecular flexibility index (Phi) is 6.42. The lowest BCUT2D eigenvalue weighted by Crippen LogP contribution is -2.53. The number of amides is 3. The highest BCUT2D eigenvalue weighted by Crippen LogP contribution is 2.45. The van der Waals surface area contributed by atoms with Gasteiger partial charge in [0.05, 0.1) is 12.1 Å². The zero-order chi connectivity index (χ0) is 26.3. The molecule has 1 aromatic heterocycles. The first-order valence-corrected chi connectivity index (χ1v) is 12.3. The molecule has 37 heavy (non-hydrogen) atoms. The number of hydrogen-bond donors (Lipinski definition) is 3. The number of likely N-dealkylation sites (tertiary alicyclic amines) is 1. The van der Waals surface area contributed by atoms with Crippen LogP contribution in [-0.4, -0.2) is 56.5 Å². The van der Waals surface area contributed by atoms with E-state index in [1.54, 1.807) is 0 Å². The third-order valence-corrected chi connectivity index (χ3v) is 7.50. The van der Waals surface area contributed by atoms with Crippen LogP contribution in [0.15, 0.2) is 29.1 Å². The van der Waals surface area contributed by atoms with Gasteiger partial charge in [0.25, 0.3) is 11.5 Å². The van der Waals surface area contributed by atoms with Crippen molar-refractivity contribution < 1.29 is 28.3 Å². The molecule has 3 amide bonds. The van der Waals surface area contributed by atoms with Crippen LogP contribution in [0.5, 0.6) is 5.75 Å². The lowest BCUT2D eigenvalue weighted by atomic mass is 9.94. The van der Waals surface area contributed by atoms with Crippen molar-refractivity contribution in [1.82, 2.24) is 25.1 Å². The van der Waals surface area contributed by atoms with E-state index >= 15 is 0 Å². The molecule has 3 atom stereocenters. The van der Waals surface area contributed by atoms with Crippen molar-refractivity contribution in [3.8, 4) is 5.75 Å². The highest BCUT2D eigenvalue weighted by atomic mass is 19.1. The number of carbonyl (C=O) groups is 3. The average Bonchev–Trinajstić information content (AvgIpc) is 3.46. The molecule has 2 unspecified atom stereocenters. The Morgan fingerprint density at radius 1 is 1.14 bits per heavy atom. The average molecular weight is 516 g/mol. The lowest BCUT2D eigenvalue weighted by Gasteiger charge is -2.31. The van der Waals surface area contributed by atoms with Crippen molar-refractivity contribution >= 4 is 17.7 Å². The number of halogens is 2. The summed E-state index contributed by atoms with van der Waals surface area (Å²) in [4.78, 5) is 57.2. The molecule has 2 aliphatic heterocycles. The van der Waals surface area contributed by atoms with Crippen molar-refractivity contribution in [1.29, 1.82) is 0 Å². The number of aromatic nitrogens is 2. The molecule has 1 saturated heterocycles. The second-order valence-corrected chi connectivity index (χ2v) is 9.97. The van der Waals surface area contributed by atoms with Gasteiger partial charge in [-0.2, -0.15) is 0 Å². The minimum Gasteiger partial charge on any atom is -0.501 e. The van der Waals surface area contributed by atoms with E-state index in [9.17, 15) is 33.1 Å².